The smallest absolute Gasteiger partial charge is 0.206 e. The maximum Gasteiger partial charge on any atom is 0.206 e. The molecule has 0 N–H and O–H groups in total. The molecule has 2 aliphatic rings. The van der Waals surface area contributed by atoms with Crippen LogP contribution in [0, 0.1) is 0 Å². The molecule has 2 aromatic rings. The van der Waals surface area contributed by atoms with Gasteiger partial charge in [-0.15, -0.1) is 0 Å². The first-order valence-electron chi connectivity index (χ1n) is 8.42. The van der Waals surface area contributed by atoms with E-state index in [1.807, 2.05) is 6.07 Å². The van der Waals surface area contributed by atoms with Crippen LogP contribution in [0.25, 0.3) is 11.0 Å². The van der Waals surface area contributed by atoms with Crippen molar-refractivity contribution in [3.63, 3.8) is 0 Å². The zero-order valence-electron chi connectivity index (χ0n) is 14.2. The highest BCUT2D eigenvalue weighted by atomic mass is 35.5. The number of hydrogen-bond donors (Lipinski definition) is 0. The number of halogens is 1. The molecule has 4 heterocycles. The molecule has 4 rings (SSSR count). The summed E-state index contributed by atoms with van der Waals surface area (Å²) in [5, 5.41) is 0.511. The number of likely N-dealkylation sites (N-methyl/N-ethyl adjacent to an activating group) is 1. The van der Waals surface area contributed by atoms with Crippen molar-refractivity contribution in [2.24, 2.45) is 7.05 Å². The van der Waals surface area contributed by atoms with E-state index in [0.717, 1.165) is 62.1 Å². The normalized spacial score (nSPS) is 20.1. The van der Waals surface area contributed by atoms with Gasteiger partial charge in [0.25, 0.3) is 0 Å². The Bertz CT molecular complexity index is 734. The lowest BCUT2D eigenvalue weighted by Gasteiger charge is -2.32. The first-order chi connectivity index (χ1) is 11.6. The first kappa shape index (κ1) is 15.9. The Kier molecular flexibility index (Phi) is 4.24. The minimum Gasteiger partial charge on any atom is -0.378 e. The lowest BCUT2D eigenvalue weighted by Crippen LogP contribution is -2.45. The van der Waals surface area contributed by atoms with E-state index in [9.17, 15) is 0 Å². The molecule has 24 heavy (non-hydrogen) atoms. The molecule has 0 unspecified atom stereocenters. The van der Waals surface area contributed by atoms with Gasteiger partial charge in [-0.05, 0) is 7.05 Å². The molecule has 0 amide bonds. The Morgan fingerprint density at radius 1 is 0.958 bits per heavy atom. The summed E-state index contributed by atoms with van der Waals surface area (Å²) in [5.74, 6) is 1.87. The molecular formula is C16H23ClN6O. The number of hydrogen-bond acceptors (Lipinski definition) is 6. The number of morpholine rings is 1. The van der Waals surface area contributed by atoms with Crippen molar-refractivity contribution in [3.05, 3.63) is 11.2 Å². The highest BCUT2D eigenvalue weighted by Gasteiger charge is 2.24. The Morgan fingerprint density at radius 2 is 1.67 bits per heavy atom. The number of nitrogens with zero attached hydrogens (tertiary/aromatic N) is 6. The molecule has 2 fully saturated rings. The number of fused-ring (bicyclic) bond motifs is 1. The van der Waals surface area contributed by atoms with Gasteiger partial charge in [-0.1, -0.05) is 11.6 Å². The van der Waals surface area contributed by atoms with Crippen LogP contribution in [0.15, 0.2) is 6.07 Å². The predicted molar refractivity (Wildman–Crippen MR) is 96.3 cm³/mol. The number of aryl methyl sites for hydroxylation is 1. The van der Waals surface area contributed by atoms with E-state index in [2.05, 4.69) is 38.3 Å². The van der Waals surface area contributed by atoms with Crippen molar-refractivity contribution in [1.82, 2.24) is 19.4 Å². The molecule has 0 aromatic carbocycles. The maximum absolute atomic E-state index is 6.30. The summed E-state index contributed by atoms with van der Waals surface area (Å²) in [6.07, 6.45) is 0. The molecule has 0 spiro atoms. The lowest BCUT2D eigenvalue weighted by molar-refractivity contribution is 0.122. The monoisotopic (exact) mass is 350 g/mol. The van der Waals surface area contributed by atoms with Crippen LogP contribution in [0.1, 0.15) is 0 Å². The molecule has 0 aliphatic carbocycles. The average Bonchev–Trinajstić information content (AvgIpc) is 2.93. The Balaban J connectivity index is 1.76. The number of pyridine rings is 1. The van der Waals surface area contributed by atoms with Crippen molar-refractivity contribution >= 4 is 34.4 Å². The van der Waals surface area contributed by atoms with Crippen molar-refractivity contribution in [2.45, 2.75) is 0 Å². The summed E-state index contributed by atoms with van der Waals surface area (Å²) in [7, 11) is 4.22. The zero-order chi connectivity index (χ0) is 16.7. The number of aromatic nitrogens is 3. The number of ether oxygens (including phenoxy) is 1. The average molecular weight is 351 g/mol. The minimum atomic E-state index is 0.511. The van der Waals surface area contributed by atoms with Crippen LogP contribution in [0.5, 0.6) is 0 Å². The van der Waals surface area contributed by atoms with Crippen LogP contribution in [-0.2, 0) is 11.8 Å². The highest BCUT2D eigenvalue weighted by molar-refractivity contribution is 6.30. The van der Waals surface area contributed by atoms with Crippen LogP contribution < -0.4 is 9.80 Å². The van der Waals surface area contributed by atoms with E-state index in [4.69, 9.17) is 21.3 Å². The Morgan fingerprint density at radius 3 is 2.38 bits per heavy atom. The molecule has 2 aromatic heterocycles. The lowest BCUT2D eigenvalue weighted by atomic mass is 10.3. The topological polar surface area (TPSA) is 49.7 Å². The summed E-state index contributed by atoms with van der Waals surface area (Å²) in [4.78, 5) is 16.4. The number of rotatable bonds is 2. The van der Waals surface area contributed by atoms with Crippen LogP contribution in [0.4, 0.5) is 11.8 Å². The van der Waals surface area contributed by atoms with E-state index in [0.29, 0.717) is 18.4 Å². The van der Waals surface area contributed by atoms with E-state index in [-0.39, 0.29) is 0 Å². The van der Waals surface area contributed by atoms with Crippen LogP contribution >= 0.6 is 11.6 Å². The second kappa shape index (κ2) is 6.38. The second-order valence-electron chi connectivity index (χ2n) is 6.50. The van der Waals surface area contributed by atoms with Gasteiger partial charge in [-0.3, -0.25) is 0 Å². The van der Waals surface area contributed by atoms with Crippen molar-refractivity contribution < 1.29 is 4.74 Å². The molecule has 0 saturated carbocycles. The third-order valence-corrected chi connectivity index (χ3v) is 5.09. The molecule has 130 valence electrons. The van der Waals surface area contributed by atoms with Gasteiger partial charge >= 0.3 is 0 Å². The van der Waals surface area contributed by atoms with Gasteiger partial charge in [-0.25, -0.2) is 9.97 Å². The highest BCUT2D eigenvalue weighted by Crippen LogP contribution is 2.31. The number of piperazine rings is 1. The van der Waals surface area contributed by atoms with Crippen molar-refractivity contribution in [2.75, 3.05) is 69.3 Å². The third kappa shape index (κ3) is 2.81. The van der Waals surface area contributed by atoms with Gasteiger partial charge in [0, 0.05) is 52.4 Å². The van der Waals surface area contributed by atoms with Crippen LogP contribution in [-0.4, -0.2) is 79.0 Å². The molecule has 7 nitrogen and oxygen atoms in total. The van der Waals surface area contributed by atoms with Gasteiger partial charge in [0.1, 0.15) is 10.7 Å². The van der Waals surface area contributed by atoms with E-state index in [1.54, 1.807) is 0 Å². The van der Waals surface area contributed by atoms with Crippen molar-refractivity contribution in [3.8, 4) is 0 Å². The molecule has 0 atom stereocenters. The summed E-state index contributed by atoms with van der Waals surface area (Å²) >= 11 is 6.30. The predicted octanol–water partition coefficient (Wildman–Crippen LogP) is 1.21. The zero-order valence-corrected chi connectivity index (χ0v) is 15.0. The van der Waals surface area contributed by atoms with Crippen LogP contribution in [0.3, 0.4) is 0 Å². The summed E-state index contributed by atoms with van der Waals surface area (Å²) in [6, 6.07) is 1.91. The summed E-state index contributed by atoms with van der Waals surface area (Å²) < 4.78 is 7.59. The number of imidazole rings is 1. The van der Waals surface area contributed by atoms with E-state index < -0.39 is 0 Å². The maximum atomic E-state index is 6.30. The van der Waals surface area contributed by atoms with E-state index in [1.165, 1.54) is 0 Å². The van der Waals surface area contributed by atoms with Gasteiger partial charge in [0.15, 0.2) is 5.82 Å². The molecule has 2 aliphatic heterocycles. The fourth-order valence-electron chi connectivity index (χ4n) is 3.41. The van der Waals surface area contributed by atoms with E-state index >= 15 is 0 Å². The van der Waals surface area contributed by atoms with Gasteiger partial charge in [-0.2, -0.15) is 0 Å². The number of anilines is 2. The van der Waals surface area contributed by atoms with Crippen LogP contribution in [0.2, 0.25) is 5.15 Å². The first-order valence-corrected chi connectivity index (χ1v) is 8.80. The molecular weight excluding hydrogens is 328 g/mol. The molecule has 0 bridgehead atoms. The largest absolute Gasteiger partial charge is 0.378 e. The quantitative estimate of drug-likeness (QED) is 0.759. The minimum absolute atomic E-state index is 0.511. The standard InChI is InChI=1S/C16H23ClN6O/c1-20-3-5-23(6-4-20)16-19-14-12(21(16)2)11-13(17)18-15(14)22-7-9-24-10-8-22/h11H,3-10H2,1-2H3. The molecule has 0 radical (unpaired) electrons. The molecule has 2 saturated heterocycles. The van der Waals surface area contributed by atoms with Crippen molar-refractivity contribution in [1.29, 1.82) is 0 Å². The van der Waals surface area contributed by atoms with Gasteiger partial charge in [0.05, 0.1) is 18.7 Å². The fraction of sp³-hybridized carbons (Fsp3) is 0.625. The Hall–Kier alpha value is -1.57. The van der Waals surface area contributed by atoms with Gasteiger partial charge in [0.2, 0.25) is 5.95 Å². The second-order valence-corrected chi connectivity index (χ2v) is 6.88. The third-order valence-electron chi connectivity index (χ3n) is 4.89. The summed E-state index contributed by atoms with van der Waals surface area (Å²) in [5.41, 5.74) is 1.96. The molecule has 8 heteroatoms. The SMILES string of the molecule is CN1CCN(c2nc3c(N4CCOCC4)nc(Cl)cc3n2C)CC1. The fourth-order valence-corrected chi connectivity index (χ4v) is 3.60. The summed E-state index contributed by atoms with van der Waals surface area (Å²) in [6.45, 7) is 7.16. The van der Waals surface area contributed by atoms with Gasteiger partial charge < -0.3 is 24.0 Å². The Labute approximate surface area is 146 Å².